The SMILES string of the molecule is COc1ccc([C@H]2C=C(c3cc(F)ccc3O)NN2)cc1OC. The Hall–Kier alpha value is -2.73. The van der Waals surface area contributed by atoms with Crippen LogP contribution in [-0.4, -0.2) is 19.3 Å². The zero-order valence-electron chi connectivity index (χ0n) is 12.8. The molecule has 1 aliphatic heterocycles. The minimum atomic E-state index is -0.407. The molecule has 0 saturated carbocycles. The van der Waals surface area contributed by atoms with Crippen molar-refractivity contribution in [1.82, 2.24) is 10.9 Å². The fourth-order valence-corrected chi connectivity index (χ4v) is 2.51. The quantitative estimate of drug-likeness (QED) is 0.809. The molecule has 0 aromatic heterocycles. The molecule has 5 nitrogen and oxygen atoms in total. The lowest BCUT2D eigenvalue weighted by molar-refractivity contribution is 0.354. The van der Waals surface area contributed by atoms with Crippen LogP contribution in [0.1, 0.15) is 17.2 Å². The minimum absolute atomic E-state index is 0.0138. The smallest absolute Gasteiger partial charge is 0.161 e. The Bertz CT molecular complexity index is 761. The highest BCUT2D eigenvalue weighted by Gasteiger charge is 2.21. The summed E-state index contributed by atoms with van der Waals surface area (Å²) in [6.45, 7) is 0. The van der Waals surface area contributed by atoms with Crippen molar-refractivity contribution in [2.45, 2.75) is 6.04 Å². The fraction of sp³-hybridized carbons (Fsp3) is 0.176. The second kappa shape index (κ2) is 6.18. The van der Waals surface area contributed by atoms with E-state index in [0.29, 0.717) is 22.8 Å². The van der Waals surface area contributed by atoms with Gasteiger partial charge in [-0.2, -0.15) is 0 Å². The first-order valence-electron chi connectivity index (χ1n) is 7.06. The lowest BCUT2D eigenvalue weighted by Crippen LogP contribution is -2.26. The van der Waals surface area contributed by atoms with Crippen LogP contribution in [0.5, 0.6) is 17.2 Å². The van der Waals surface area contributed by atoms with Crippen LogP contribution in [0.25, 0.3) is 5.70 Å². The molecule has 0 amide bonds. The van der Waals surface area contributed by atoms with Gasteiger partial charge in [0.2, 0.25) is 0 Å². The molecule has 1 atom stereocenters. The third-order valence-corrected chi connectivity index (χ3v) is 3.71. The summed E-state index contributed by atoms with van der Waals surface area (Å²) in [7, 11) is 3.16. The predicted molar refractivity (Wildman–Crippen MR) is 84.6 cm³/mol. The normalized spacial score (nSPS) is 16.7. The molecule has 2 aromatic carbocycles. The van der Waals surface area contributed by atoms with Crippen LogP contribution >= 0.6 is 0 Å². The summed E-state index contributed by atoms with van der Waals surface area (Å²) in [5, 5.41) is 9.89. The zero-order chi connectivity index (χ0) is 16.4. The first-order chi connectivity index (χ1) is 11.1. The number of nitrogens with one attached hydrogen (secondary N) is 2. The molecule has 0 spiro atoms. The summed E-state index contributed by atoms with van der Waals surface area (Å²) in [6, 6.07) is 9.28. The number of benzene rings is 2. The largest absolute Gasteiger partial charge is 0.507 e. The number of ether oxygens (including phenoxy) is 2. The van der Waals surface area contributed by atoms with Gasteiger partial charge in [0.1, 0.15) is 11.6 Å². The Morgan fingerprint density at radius 3 is 2.57 bits per heavy atom. The van der Waals surface area contributed by atoms with Crippen molar-refractivity contribution in [2.24, 2.45) is 0 Å². The van der Waals surface area contributed by atoms with Crippen LogP contribution in [0.3, 0.4) is 0 Å². The van der Waals surface area contributed by atoms with Crippen molar-refractivity contribution in [3.8, 4) is 17.2 Å². The van der Waals surface area contributed by atoms with Gasteiger partial charge in [0.15, 0.2) is 11.5 Å². The predicted octanol–water partition coefficient (Wildman–Crippen LogP) is 2.74. The average molecular weight is 316 g/mol. The van der Waals surface area contributed by atoms with Crippen molar-refractivity contribution in [3.63, 3.8) is 0 Å². The molecule has 6 heteroatoms. The fourth-order valence-electron chi connectivity index (χ4n) is 2.51. The van der Waals surface area contributed by atoms with Crippen LogP contribution in [0, 0.1) is 5.82 Å². The van der Waals surface area contributed by atoms with Gasteiger partial charge >= 0.3 is 0 Å². The van der Waals surface area contributed by atoms with Gasteiger partial charge in [-0.1, -0.05) is 6.07 Å². The van der Waals surface area contributed by atoms with Crippen molar-refractivity contribution < 1.29 is 19.0 Å². The molecular formula is C17H17FN2O3. The van der Waals surface area contributed by atoms with Crippen LogP contribution in [0.4, 0.5) is 4.39 Å². The van der Waals surface area contributed by atoms with E-state index >= 15 is 0 Å². The molecule has 0 saturated heterocycles. The molecule has 0 fully saturated rings. The van der Waals surface area contributed by atoms with Crippen molar-refractivity contribution in [3.05, 3.63) is 59.4 Å². The number of halogens is 1. The van der Waals surface area contributed by atoms with E-state index in [-0.39, 0.29) is 11.8 Å². The van der Waals surface area contributed by atoms with Gasteiger partial charge in [0.05, 0.1) is 26.0 Å². The minimum Gasteiger partial charge on any atom is -0.507 e. The third kappa shape index (κ3) is 2.93. The number of phenols is 1. The highest BCUT2D eigenvalue weighted by molar-refractivity contribution is 5.71. The Labute approximate surface area is 133 Å². The summed E-state index contributed by atoms with van der Waals surface area (Å²) in [5.41, 5.74) is 8.01. The lowest BCUT2D eigenvalue weighted by Gasteiger charge is -2.13. The number of hydrogen-bond donors (Lipinski definition) is 3. The maximum Gasteiger partial charge on any atom is 0.161 e. The number of hydrazine groups is 1. The molecule has 0 aliphatic carbocycles. The molecule has 23 heavy (non-hydrogen) atoms. The first-order valence-corrected chi connectivity index (χ1v) is 7.06. The number of phenolic OH excluding ortho intramolecular Hbond substituents is 1. The first kappa shape index (κ1) is 15.2. The molecule has 120 valence electrons. The van der Waals surface area contributed by atoms with E-state index < -0.39 is 5.82 Å². The molecular weight excluding hydrogens is 299 g/mol. The van der Waals surface area contributed by atoms with Gasteiger partial charge in [-0.05, 0) is 42.0 Å². The highest BCUT2D eigenvalue weighted by atomic mass is 19.1. The van der Waals surface area contributed by atoms with Crippen LogP contribution in [0.2, 0.25) is 0 Å². The maximum absolute atomic E-state index is 13.4. The second-order valence-electron chi connectivity index (χ2n) is 5.10. The lowest BCUT2D eigenvalue weighted by atomic mass is 10.0. The standard InChI is InChI=1S/C17H17FN2O3/c1-22-16-6-3-10(7-17(16)23-2)13-9-14(20-19-13)12-8-11(18)4-5-15(12)21/h3-9,13,19-21H,1-2H3/t13-/m1/s1. The topological polar surface area (TPSA) is 62.8 Å². The number of rotatable bonds is 4. The third-order valence-electron chi connectivity index (χ3n) is 3.71. The van der Waals surface area contributed by atoms with Gasteiger partial charge < -0.3 is 20.0 Å². The second-order valence-corrected chi connectivity index (χ2v) is 5.10. The van der Waals surface area contributed by atoms with E-state index in [9.17, 15) is 9.50 Å². The molecule has 3 N–H and O–H groups in total. The van der Waals surface area contributed by atoms with E-state index in [1.165, 1.54) is 18.2 Å². The van der Waals surface area contributed by atoms with E-state index in [0.717, 1.165) is 5.56 Å². The van der Waals surface area contributed by atoms with Gasteiger partial charge in [-0.3, -0.25) is 0 Å². The molecule has 2 aromatic rings. The maximum atomic E-state index is 13.4. The average Bonchev–Trinajstić information content (AvgIpc) is 3.06. The molecule has 0 radical (unpaired) electrons. The Morgan fingerprint density at radius 1 is 1.04 bits per heavy atom. The van der Waals surface area contributed by atoms with Crippen molar-refractivity contribution >= 4 is 5.70 Å². The Kier molecular flexibility index (Phi) is 4.08. The summed E-state index contributed by atoms with van der Waals surface area (Å²) in [5.74, 6) is 0.881. The van der Waals surface area contributed by atoms with Gasteiger partial charge in [-0.25, -0.2) is 9.82 Å². The van der Waals surface area contributed by atoms with E-state index in [2.05, 4.69) is 10.9 Å². The molecule has 1 aliphatic rings. The molecule has 0 bridgehead atoms. The summed E-state index contributed by atoms with van der Waals surface area (Å²) in [6.07, 6.45) is 1.87. The van der Waals surface area contributed by atoms with E-state index in [4.69, 9.17) is 9.47 Å². The Balaban J connectivity index is 1.92. The zero-order valence-corrected chi connectivity index (χ0v) is 12.8. The summed E-state index contributed by atoms with van der Waals surface area (Å²) in [4.78, 5) is 0. The van der Waals surface area contributed by atoms with Gasteiger partial charge in [0, 0.05) is 5.56 Å². The van der Waals surface area contributed by atoms with Crippen LogP contribution in [-0.2, 0) is 0 Å². The number of hydrogen-bond acceptors (Lipinski definition) is 5. The number of methoxy groups -OCH3 is 2. The van der Waals surface area contributed by atoms with E-state index in [1.54, 1.807) is 14.2 Å². The highest BCUT2D eigenvalue weighted by Crippen LogP contribution is 2.33. The van der Waals surface area contributed by atoms with Crippen molar-refractivity contribution in [1.29, 1.82) is 0 Å². The molecule has 0 unspecified atom stereocenters. The number of aromatic hydroxyl groups is 1. The summed E-state index contributed by atoms with van der Waals surface area (Å²) >= 11 is 0. The monoisotopic (exact) mass is 316 g/mol. The summed E-state index contributed by atoms with van der Waals surface area (Å²) < 4.78 is 23.9. The van der Waals surface area contributed by atoms with Crippen molar-refractivity contribution in [2.75, 3.05) is 14.2 Å². The van der Waals surface area contributed by atoms with Crippen LogP contribution < -0.4 is 20.3 Å². The van der Waals surface area contributed by atoms with Gasteiger partial charge in [0.25, 0.3) is 0 Å². The molecule has 3 rings (SSSR count). The van der Waals surface area contributed by atoms with E-state index in [1.807, 2.05) is 24.3 Å². The Morgan fingerprint density at radius 2 is 1.83 bits per heavy atom. The van der Waals surface area contributed by atoms with Gasteiger partial charge in [-0.15, -0.1) is 0 Å². The van der Waals surface area contributed by atoms with Crippen LogP contribution in [0.15, 0.2) is 42.5 Å². The molecule has 1 heterocycles.